The zero-order valence-electron chi connectivity index (χ0n) is 16.1. The minimum absolute atomic E-state index is 0.0484. The Labute approximate surface area is 179 Å². The van der Waals surface area contributed by atoms with Gasteiger partial charge in [-0.25, -0.2) is 4.98 Å². The maximum absolute atomic E-state index is 13.4. The van der Waals surface area contributed by atoms with Crippen LogP contribution < -0.4 is 5.32 Å². The molecule has 2 fully saturated rings. The van der Waals surface area contributed by atoms with E-state index in [1.807, 2.05) is 40.9 Å². The minimum Gasteiger partial charge on any atom is -0.375 e. The standard InChI is InChI=1S/C22H27FIN3O/c23-20-18(24)13-17(15-27-20)14-25-11-8-21(19-5-1-4-10-26-19)9-12-28-22(16-21)6-2-3-7-22/h1,4-5,10,13,15,25H,2-3,6-9,11-12,14,16H2. The Morgan fingerprint density at radius 3 is 2.79 bits per heavy atom. The molecule has 1 saturated carbocycles. The molecule has 2 aromatic rings. The Bertz CT molecular complexity index is 798. The van der Waals surface area contributed by atoms with Crippen LogP contribution in [0.25, 0.3) is 0 Å². The van der Waals surface area contributed by atoms with E-state index in [1.165, 1.54) is 31.4 Å². The Balaban J connectivity index is 1.45. The predicted octanol–water partition coefficient (Wildman–Crippen LogP) is 4.76. The van der Waals surface area contributed by atoms with Crippen molar-refractivity contribution < 1.29 is 9.13 Å². The summed E-state index contributed by atoms with van der Waals surface area (Å²) in [6.07, 6.45) is 11.5. The summed E-state index contributed by atoms with van der Waals surface area (Å²) in [5.41, 5.74) is 2.32. The van der Waals surface area contributed by atoms with Gasteiger partial charge in [0.1, 0.15) is 0 Å². The lowest BCUT2D eigenvalue weighted by Crippen LogP contribution is -2.47. The maximum Gasteiger partial charge on any atom is 0.226 e. The molecule has 150 valence electrons. The van der Waals surface area contributed by atoms with Crippen LogP contribution in [0, 0.1) is 9.52 Å². The highest BCUT2D eigenvalue weighted by atomic mass is 127. The van der Waals surface area contributed by atoms with Crippen molar-refractivity contribution in [2.45, 2.75) is 62.5 Å². The number of ether oxygens (including phenoxy) is 1. The van der Waals surface area contributed by atoms with Gasteiger partial charge in [-0.15, -0.1) is 0 Å². The Morgan fingerprint density at radius 1 is 1.18 bits per heavy atom. The van der Waals surface area contributed by atoms with Gasteiger partial charge >= 0.3 is 0 Å². The molecule has 0 aromatic carbocycles. The lowest BCUT2D eigenvalue weighted by Gasteiger charge is -2.46. The van der Waals surface area contributed by atoms with Crippen LogP contribution in [0.4, 0.5) is 4.39 Å². The fraction of sp³-hybridized carbons (Fsp3) is 0.545. The van der Waals surface area contributed by atoms with E-state index in [-0.39, 0.29) is 11.0 Å². The van der Waals surface area contributed by atoms with Crippen LogP contribution in [0.5, 0.6) is 0 Å². The average Bonchev–Trinajstić information content (AvgIpc) is 3.16. The first kappa shape index (κ1) is 20.2. The summed E-state index contributed by atoms with van der Waals surface area (Å²) in [7, 11) is 0. The van der Waals surface area contributed by atoms with E-state index in [9.17, 15) is 4.39 Å². The van der Waals surface area contributed by atoms with Crippen molar-refractivity contribution in [1.82, 2.24) is 15.3 Å². The second kappa shape index (κ2) is 8.71. The second-order valence-electron chi connectivity index (χ2n) is 8.20. The van der Waals surface area contributed by atoms with E-state index in [1.54, 1.807) is 6.20 Å². The van der Waals surface area contributed by atoms with Crippen LogP contribution in [0.2, 0.25) is 0 Å². The molecule has 0 radical (unpaired) electrons. The number of halogens is 2. The summed E-state index contributed by atoms with van der Waals surface area (Å²) in [6.45, 7) is 2.40. The molecule has 3 heterocycles. The summed E-state index contributed by atoms with van der Waals surface area (Å²) in [5, 5.41) is 3.53. The molecular formula is C22H27FIN3O. The van der Waals surface area contributed by atoms with Gasteiger partial charge in [-0.2, -0.15) is 4.39 Å². The number of pyridine rings is 2. The second-order valence-corrected chi connectivity index (χ2v) is 9.37. The summed E-state index contributed by atoms with van der Waals surface area (Å²) in [6, 6.07) is 8.12. The largest absolute Gasteiger partial charge is 0.375 e. The summed E-state index contributed by atoms with van der Waals surface area (Å²) >= 11 is 1.99. The van der Waals surface area contributed by atoms with Gasteiger partial charge in [0.2, 0.25) is 5.95 Å². The van der Waals surface area contributed by atoms with Gasteiger partial charge in [-0.1, -0.05) is 18.9 Å². The zero-order chi connectivity index (χ0) is 19.5. The van der Waals surface area contributed by atoms with Crippen molar-refractivity contribution in [3.8, 4) is 0 Å². The molecular weight excluding hydrogens is 468 g/mol. The average molecular weight is 495 g/mol. The molecule has 1 atom stereocenters. The molecule has 2 aromatic heterocycles. The molecule has 1 aliphatic carbocycles. The first-order valence-electron chi connectivity index (χ1n) is 10.2. The van der Waals surface area contributed by atoms with Crippen molar-refractivity contribution in [3.63, 3.8) is 0 Å². The van der Waals surface area contributed by atoms with Crippen LogP contribution in [-0.2, 0) is 16.7 Å². The molecule has 6 heteroatoms. The zero-order valence-corrected chi connectivity index (χ0v) is 18.3. The third-order valence-electron chi connectivity index (χ3n) is 6.33. The predicted molar refractivity (Wildman–Crippen MR) is 116 cm³/mol. The molecule has 4 nitrogen and oxygen atoms in total. The Kier molecular flexibility index (Phi) is 6.27. The fourth-order valence-electron chi connectivity index (χ4n) is 4.91. The monoisotopic (exact) mass is 495 g/mol. The van der Waals surface area contributed by atoms with Crippen LogP contribution in [0.15, 0.2) is 36.7 Å². The number of hydrogen-bond acceptors (Lipinski definition) is 4. The number of nitrogens with one attached hydrogen (secondary N) is 1. The van der Waals surface area contributed by atoms with E-state index in [4.69, 9.17) is 9.72 Å². The summed E-state index contributed by atoms with van der Waals surface area (Å²) < 4.78 is 20.2. The van der Waals surface area contributed by atoms with Crippen LogP contribution in [-0.4, -0.2) is 28.7 Å². The van der Waals surface area contributed by atoms with E-state index >= 15 is 0 Å². The van der Waals surface area contributed by atoms with Crippen molar-refractivity contribution in [2.75, 3.05) is 13.2 Å². The maximum atomic E-state index is 13.4. The van der Waals surface area contributed by atoms with Gasteiger partial charge in [0.05, 0.1) is 9.17 Å². The van der Waals surface area contributed by atoms with Gasteiger partial charge < -0.3 is 10.1 Å². The molecule has 1 N–H and O–H groups in total. The van der Waals surface area contributed by atoms with Gasteiger partial charge in [0.15, 0.2) is 0 Å². The number of nitrogens with zero attached hydrogens (tertiary/aromatic N) is 2. The van der Waals surface area contributed by atoms with Gasteiger partial charge in [0, 0.05) is 36.7 Å². The van der Waals surface area contributed by atoms with Crippen molar-refractivity contribution in [2.24, 2.45) is 0 Å². The Hall–Kier alpha value is -1.12. The molecule has 1 spiro atoms. The third kappa shape index (κ3) is 4.39. The third-order valence-corrected chi connectivity index (χ3v) is 7.09. The lowest BCUT2D eigenvalue weighted by atomic mass is 9.68. The van der Waals surface area contributed by atoms with Gasteiger partial charge in [0.25, 0.3) is 0 Å². The smallest absolute Gasteiger partial charge is 0.226 e. The molecule has 0 bridgehead atoms. The highest BCUT2D eigenvalue weighted by Gasteiger charge is 2.48. The van der Waals surface area contributed by atoms with Crippen LogP contribution >= 0.6 is 22.6 Å². The normalized spacial score (nSPS) is 23.9. The van der Waals surface area contributed by atoms with Crippen LogP contribution in [0.3, 0.4) is 0 Å². The highest BCUT2D eigenvalue weighted by Crippen LogP contribution is 2.49. The number of hydrogen-bond donors (Lipinski definition) is 1. The molecule has 28 heavy (non-hydrogen) atoms. The molecule has 1 aliphatic heterocycles. The first-order chi connectivity index (χ1) is 13.6. The lowest BCUT2D eigenvalue weighted by molar-refractivity contribution is -0.104. The van der Waals surface area contributed by atoms with Gasteiger partial charge in [-0.3, -0.25) is 4.98 Å². The first-order valence-corrected chi connectivity index (χ1v) is 11.2. The molecule has 4 rings (SSSR count). The topological polar surface area (TPSA) is 47.0 Å². The van der Waals surface area contributed by atoms with E-state index in [2.05, 4.69) is 22.4 Å². The summed E-state index contributed by atoms with van der Waals surface area (Å²) in [4.78, 5) is 8.57. The molecule has 1 saturated heterocycles. The fourth-order valence-corrected chi connectivity index (χ4v) is 5.45. The van der Waals surface area contributed by atoms with E-state index in [0.717, 1.165) is 38.0 Å². The molecule has 2 aliphatic rings. The number of aromatic nitrogens is 2. The van der Waals surface area contributed by atoms with E-state index < -0.39 is 5.95 Å². The van der Waals surface area contributed by atoms with E-state index in [0.29, 0.717) is 10.1 Å². The van der Waals surface area contributed by atoms with Gasteiger partial charge in [-0.05, 0) is 85.0 Å². The van der Waals surface area contributed by atoms with Crippen molar-refractivity contribution in [3.05, 3.63) is 57.4 Å². The minimum atomic E-state index is -0.400. The quantitative estimate of drug-likeness (QED) is 0.357. The Morgan fingerprint density at radius 2 is 2.04 bits per heavy atom. The number of rotatable bonds is 6. The van der Waals surface area contributed by atoms with Crippen molar-refractivity contribution >= 4 is 22.6 Å². The SMILES string of the molecule is Fc1ncc(CNCCC2(c3ccccn3)CCOC3(CCCC3)C2)cc1I. The highest BCUT2D eigenvalue weighted by molar-refractivity contribution is 14.1. The summed E-state index contributed by atoms with van der Waals surface area (Å²) in [5.74, 6) is -0.400. The molecule has 0 amide bonds. The van der Waals surface area contributed by atoms with Crippen LogP contribution in [0.1, 0.15) is 56.2 Å². The molecule has 1 unspecified atom stereocenters. The van der Waals surface area contributed by atoms with Crippen molar-refractivity contribution in [1.29, 1.82) is 0 Å².